The minimum absolute atomic E-state index is 0.218. The lowest BCUT2D eigenvalue weighted by atomic mass is 10.2. The van der Waals surface area contributed by atoms with Gasteiger partial charge in [-0.2, -0.15) is 0 Å². The average molecular weight is 361 g/mol. The third-order valence-electron chi connectivity index (χ3n) is 3.98. The molecule has 2 aromatic carbocycles. The number of rotatable bonds is 4. The Labute approximate surface area is 151 Å². The van der Waals surface area contributed by atoms with Crippen LogP contribution in [0.3, 0.4) is 0 Å². The quantitative estimate of drug-likeness (QED) is 0.548. The lowest BCUT2D eigenvalue weighted by Crippen LogP contribution is -2.26. The topological polar surface area (TPSA) is 63.2 Å². The molecule has 0 unspecified atom stereocenters. The average Bonchev–Trinajstić information content (AvgIpc) is 2.69. The van der Waals surface area contributed by atoms with Gasteiger partial charge in [0.1, 0.15) is 0 Å². The zero-order valence-electron chi connectivity index (χ0n) is 13.7. The summed E-state index contributed by atoms with van der Waals surface area (Å²) in [6.07, 6.45) is 4.86. The summed E-state index contributed by atoms with van der Waals surface area (Å²) in [5, 5.41) is 0.863. The van der Waals surface area contributed by atoms with Crippen LogP contribution in [0.25, 0.3) is 10.9 Å². The van der Waals surface area contributed by atoms with Crippen molar-refractivity contribution < 1.29 is 8.42 Å². The van der Waals surface area contributed by atoms with Gasteiger partial charge >= 0.3 is 0 Å². The molecule has 26 heavy (non-hydrogen) atoms. The van der Waals surface area contributed by atoms with Crippen LogP contribution in [0.15, 0.2) is 96.3 Å². The SMILES string of the molecule is O=S(=O)(c1ccccc1)N(c1cccnc1)c1ccc2ncccc2c1. The second kappa shape index (κ2) is 6.57. The highest BCUT2D eigenvalue weighted by atomic mass is 32.2. The lowest BCUT2D eigenvalue weighted by Gasteiger charge is -2.24. The summed E-state index contributed by atoms with van der Waals surface area (Å²) in [7, 11) is -3.80. The number of sulfonamides is 1. The fraction of sp³-hybridized carbons (Fsp3) is 0. The largest absolute Gasteiger partial charge is 0.268 e. The Kier molecular flexibility index (Phi) is 4.10. The highest BCUT2D eigenvalue weighted by molar-refractivity contribution is 7.93. The zero-order chi connectivity index (χ0) is 18.0. The third kappa shape index (κ3) is 2.91. The monoisotopic (exact) mass is 361 g/mol. The van der Waals surface area contributed by atoms with Crippen LogP contribution in [-0.4, -0.2) is 18.4 Å². The van der Waals surface area contributed by atoms with Gasteiger partial charge in [-0.1, -0.05) is 24.3 Å². The predicted octanol–water partition coefficient (Wildman–Crippen LogP) is 4.16. The highest BCUT2D eigenvalue weighted by Crippen LogP contribution is 2.33. The Morgan fingerprint density at radius 2 is 1.58 bits per heavy atom. The molecule has 5 nitrogen and oxygen atoms in total. The van der Waals surface area contributed by atoms with E-state index in [2.05, 4.69) is 9.97 Å². The van der Waals surface area contributed by atoms with Gasteiger partial charge in [0.25, 0.3) is 10.0 Å². The molecule has 0 aliphatic carbocycles. The molecule has 0 fully saturated rings. The van der Waals surface area contributed by atoms with E-state index < -0.39 is 10.0 Å². The summed E-state index contributed by atoms with van der Waals surface area (Å²) >= 11 is 0. The van der Waals surface area contributed by atoms with E-state index in [1.807, 2.05) is 24.3 Å². The van der Waals surface area contributed by atoms with Crippen LogP contribution in [0.4, 0.5) is 11.4 Å². The van der Waals surface area contributed by atoms with E-state index in [1.54, 1.807) is 60.9 Å². The number of benzene rings is 2. The molecule has 2 aromatic heterocycles. The van der Waals surface area contributed by atoms with E-state index in [0.717, 1.165) is 10.9 Å². The molecule has 0 N–H and O–H groups in total. The maximum absolute atomic E-state index is 13.4. The molecule has 2 heterocycles. The molecule has 0 aliphatic heterocycles. The van der Waals surface area contributed by atoms with E-state index in [-0.39, 0.29) is 4.90 Å². The molecule has 0 radical (unpaired) electrons. The van der Waals surface area contributed by atoms with Gasteiger partial charge in [0.15, 0.2) is 0 Å². The van der Waals surface area contributed by atoms with Crippen molar-refractivity contribution in [3.63, 3.8) is 0 Å². The Balaban J connectivity index is 1.94. The van der Waals surface area contributed by atoms with E-state index >= 15 is 0 Å². The first-order valence-corrected chi connectivity index (χ1v) is 9.45. The molecule has 6 heteroatoms. The molecular formula is C20H15N3O2S. The van der Waals surface area contributed by atoms with E-state index in [0.29, 0.717) is 11.4 Å². The summed E-state index contributed by atoms with van der Waals surface area (Å²) in [6, 6.07) is 20.9. The summed E-state index contributed by atoms with van der Waals surface area (Å²) < 4.78 is 28.0. The van der Waals surface area contributed by atoms with Gasteiger partial charge in [-0.15, -0.1) is 0 Å². The molecule has 4 rings (SSSR count). The maximum Gasteiger partial charge on any atom is 0.268 e. The molecule has 0 aliphatic rings. The summed E-state index contributed by atoms with van der Waals surface area (Å²) in [6.45, 7) is 0. The van der Waals surface area contributed by atoms with Crippen LogP contribution in [0.1, 0.15) is 0 Å². The first-order chi connectivity index (χ1) is 12.7. The molecule has 0 bridgehead atoms. The number of nitrogens with zero attached hydrogens (tertiary/aromatic N) is 3. The Morgan fingerprint density at radius 1 is 0.769 bits per heavy atom. The van der Waals surface area contributed by atoms with Gasteiger partial charge in [-0.25, -0.2) is 12.7 Å². The van der Waals surface area contributed by atoms with Crippen molar-refractivity contribution in [1.82, 2.24) is 9.97 Å². The molecule has 0 spiro atoms. The Morgan fingerprint density at radius 3 is 2.35 bits per heavy atom. The van der Waals surface area contributed by atoms with Crippen LogP contribution >= 0.6 is 0 Å². The number of hydrogen-bond donors (Lipinski definition) is 0. The number of fused-ring (bicyclic) bond motifs is 1. The standard InChI is InChI=1S/C20H15N3O2S/c24-26(25,19-8-2-1-3-9-19)23(18-7-5-12-21-15-18)17-10-11-20-16(14-17)6-4-13-22-20/h1-15H. The fourth-order valence-electron chi connectivity index (χ4n) is 2.79. The van der Waals surface area contributed by atoms with Gasteiger partial charge in [0, 0.05) is 17.8 Å². The fourth-order valence-corrected chi connectivity index (χ4v) is 4.28. The molecule has 0 saturated carbocycles. The number of aromatic nitrogens is 2. The van der Waals surface area contributed by atoms with Crippen molar-refractivity contribution in [2.24, 2.45) is 0 Å². The minimum Gasteiger partial charge on any atom is -0.263 e. The third-order valence-corrected chi connectivity index (χ3v) is 5.75. The Bertz CT molecular complexity index is 1150. The molecule has 4 aromatic rings. The highest BCUT2D eigenvalue weighted by Gasteiger charge is 2.26. The Hall–Kier alpha value is -3.25. The van der Waals surface area contributed by atoms with E-state index in [4.69, 9.17) is 0 Å². The summed E-state index contributed by atoms with van der Waals surface area (Å²) in [4.78, 5) is 8.59. The molecule has 0 saturated heterocycles. The van der Waals surface area contributed by atoms with Gasteiger partial charge < -0.3 is 0 Å². The lowest BCUT2D eigenvalue weighted by molar-refractivity contribution is 0.596. The van der Waals surface area contributed by atoms with Crippen molar-refractivity contribution >= 4 is 32.3 Å². The number of anilines is 2. The van der Waals surface area contributed by atoms with Gasteiger partial charge in [-0.3, -0.25) is 9.97 Å². The van der Waals surface area contributed by atoms with Gasteiger partial charge in [0.05, 0.1) is 28.0 Å². The zero-order valence-corrected chi connectivity index (χ0v) is 14.5. The van der Waals surface area contributed by atoms with Crippen molar-refractivity contribution in [1.29, 1.82) is 0 Å². The van der Waals surface area contributed by atoms with Crippen LogP contribution in [0.2, 0.25) is 0 Å². The summed E-state index contributed by atoms with van der Waals surface area (Å²) in [5.74, 6) is 0. The predicted molar refractivity (Wildman–Crippen MR) is 102 cm³/mol. The van der Waals surface area contributed by atoms with Crippen molar-refractivity contribution in [2.45, 2.75) is 4.90 Å². The van der Waals surface area contributed by atoms with Gasteiger partial charge in [-0.05, 0) is 48.5 Å². The van der Waals surface area contributed by atoms with Crippen molar-refractivity contribution in [3.05, 3.63) is 91.4 Å². The first kappa shape index (κ1) is 16.2. The normalized spacial score (nSPS) is 11.4. The van der Waals surface area contributed by atoms with Crippen molar-refractivity contribution in [3.8, 4) is 0 Å². The molecule has 128 valence electrons. The molecule has 0 atom stereocenters. The van der Waals surface area contributed by atoms with Gasteiger partial charge in [0.2, 0.25) is 0 Å². The minimum atomic E-state index is -3.80. The van der Waals surface area contributed by atoms with Crippen LogP contribution in [0.5, 0.6) is 0 Å². The van der Waals surface area contributed by atoms with Crippen LogP contribution in [-0.2, 0) is 10.0 Å². The second-order valence-electron chi connectivity index (χ2n) is 5.67. The number of pyridine rings is 2. The van der Waals surface area contributed by atoms with Crippen molar-refractivity contribution in [2.75, 3.05) is 4.31 Å². The molecular weight excluding hydrogens is 346 g/mol. The second-order valence-corrected chi connectivity index (χ2v) is 7.46. The summed E-state index contributed by atoms with van der Waals surface area (Å²) in [5.41, 5.74) is 1.81. The first-order valence-electron chi connectivity index (χ1n) is 8.01. The number of hydrogen-bond acceptors (Lipinski definition) is 4. The van der Waals surface area contributed by atoms with Crippen LogP contribution < -0.4 is 4.31 Å². The molecule has 0 amide bonds. The van der Waals surface area contributed by atoms with E-state index in [1.165, 1.54) is 10.5 Å². The van der Waals surface area contributed by atoms with Crippen LogP contribution in [0, 0.1) is 0 Å². The smallest absolute Gasteiger partial charge is 0.263 e. The van der Waals surface area contributed by atoms with E-state index in [9.17, 15) is 8.42 Å². The maximum atomic E-state index is 13.4.